The van der Waals surface area contributed by atoms with Gasteiger partial charge in [-0.15, -0.1) is 47.2 Å². The summed E-state index contributed by atoms with van der Waals surface area (Å²) in [6.07, 6.45) is 6.88. The van der Waals surface area contributed by atoms with Gasteiger partial charge in [-0.05, 0) is 57.7 Å². The second-order valence-electron chi connectivity index (χ2n) is 14.5. The largest absolute Gasteiger partial charge is 0.363 e. The molecule has 0 aliphatic rings. The minimum atomic E-state index is 0. The van der Waals surface area contributed by atoms with E-state index in [4.69, 9.17) is 0 Å². The molecular formula is C43H39IrN3S-2. The van der Waals surface area contributed by atoms with Gasteiger partial charge in [0.2, 0.25) is 0 Å². The van der Waals surface area contributed by atoms with Crippen molar-refractivity contribution in [2.24, 2.45) is 5.41 Å². The number of hydrogen-bond acceptors (Lipinski definition) is 3. The van der Waals surface area contributed by atoms with E-state index < -0.39 is 0 Å². The summed E-state index contributed by atoms with van der Waals surface area (Å²) in [6.45, 7) is 13.5. The fourth-order valence-corrected chi connectivity index (χ4v) is 7.52. The van der Waals surface area contributed by atoms with E-state index in [1.54, 1.807) is 0 Å². The summed E-state index contributed by atoms with van der Waals surface area (Å²) >= 11 is 1.88. The molecule has 0 fully saturated rings. The van der Waals surface area contributed by atoms with Crippen LogP contribution in [0.5, 0.6) is 0 Å². The van der Waals surface area contributed by atoms with Crippen molar-refractivity contribution in [3.05, 3.63) is 139 Å². The van der Waals surface area contributed by atoms with Crippen LogP contribution in [0.4, 0.5) is 0 Å². The molecule has 0 N–H and O–H groups in total. The number of pyridine rings is 2. The Kier molecular flexibility index (Phi) is 9.42. The molecule has 48 heavy (non-hydrogen) atoms. The van der Waals surface area contributed by atoms with E-state index in [1.807, 2.05) is 60.3 Å². The Morgan fingerprint density at radius 1 is 0.792 bits per heavy atom. The average Bonchev–Trinajstić information content (AvgIpc) is 3.59. The fourth-order valence-electron chi connectivity index (χ4n) is 6.29. The van der Waals surface area contributed by atoms with E-state index in [9.17, 15) is 0 Å². The molecule has 1 radical (unpaired) electrons. The molecule has 0 spiro atoms. The third-order valence-corrected chi connectivity index (χ3v) is 9.70. The molecule has 0 saturated carbocycles. The van der Waals surface area contributed by atoms with Crippen LogP contribution >= 0.6 is 11.3 Å². The van der Waals surface area contributed by atoms with Crippen molar-refractivity contribution in [1.29, 1.82) is 0 Å². The molecule has 243 valence electrons. The first-order chi connectivity index (χ1) is 22.6. The molecule has 4 heterocycles. The van der Waals surface area contributed by atoms with Crippen LogP contribution in [-0.4, -0.2) is 14.5 Å². The van der Waals surface area contributed by atoms with Gasteiger partial charge in [0.15, 0.2) is 0 Å². The predicted octanol–water partition coefficient (Wildman–Crippen LogP) is 11.8. The van der Waals surface area contributed by atoms with Crippen LogP contribution in [0.2, 0.25) is 0 Å². The molecule has 0 bridgehead atoms. The van der Waals surface area contributed by atoms with E-state index in [0.29, 0.717) is 0 Å². The maximum atomic E-state index is 4.48. The van der Waals surface area contributed by atoms with Crippen LogP contribution in [-0.2, 0) is 31.9 Å². The van der Waals surface area contributed by atoms with E-state index in [1.165, 1.54) is 58.8 Å². The number of aromatic nitrogens is 3. The molecule has 0 aliphatic heterocycles. The van der Waals surface area contributed by atoms with E-state index in [0.717, 1.165) is 17.7 Å². The van der Waals surface area contributed by atoms with E-state index >= 15 is 0 Å². The van der Waals surface area contributed by atoms with Crippen molar-refractivity contribution in [1.82, 2.24) is 14.5 Å². The van der Waals surface area contributed by atoms with Crippen molar-refractivity contribution in [2.45, 2.75) is 53.4 Å². The van der Waals surface area contributed by atoms with Gasteiger partial charge in [-0.25, -0.2) is 0 Å². The van der Waals surface area contributed by atoms with Crippen LogP contribution in [0.1, 0.15) is 52.7 Å². The first-order valence-corrected chi connectivity index (χ1v) is 17.0. The zero-order chi connectivity index (χ0) is 32.8. The standard InChI is InChI=1S/C28H23N2S.C15H16N.Ir/c1-28(2,3)16-18-14-19-12-13-29-17-22(19)24(15-18)30-23-10-6-4-8-20(23)27-26(30)21-9-5-7-11-25(21)31-27;1-15(2,3)13-9-10-14(16-11-13)12-7-5-4-6-8-12;/h4-5,7-15,17H,16H2,1-3H3;4-7,9-11H,1-3H3;/q2*-1;. The third kappa shape index (κ3) is 6.73. The molecule has 5 heteroatoms. The summed E-state index contributed by atoms with van der Waals surface area (Å²) in [7, 11) is 0. The first kappa shape index (κ1) is 33.7. The van der Waals surface area contributed by atoms with Crippen molar-refractivity contribution in [2.75, 3.05) is 0 Å². The Morgan fingerprint density at radius 2 is 1.60 bits per heavy atom. The molecule has 0 unspecified atom stereocenters. The molecule has 0 aliphatic carbocycles. The maximum Gasteiger partial charge on any atom is 0.0593 e. The summed E-state index contributed by atoms with van der Waals surface area (Å²) in [6, 6.07) is 40.5. The Bertz CT molecular complexity index is 2330. The molecule has 4 aromatic carbocycles. The Morgan fingerprint density at radius 3 is 2.33 bits per heavy atom. The molecular weight excluding hydrogens is 783 g/mol. The van der Waals surface area contributed by atoms with Crippen molar-refractivity contribution < 1.29 is 20.1 Å². The summed E-state index contributed by atoms with van der Waals surface area (Å²) in [5.41, 5.74) is 8.70. The number of fused-ring (bicyclic) bond motifs is 6. The zero-order valence-corrected chi connectivity index (χ0v) is 31.5. The zero-order valence-electron chi connectivity index (χ0n) is 28.3. The van der Waals surface area contributed by atoms with Crippen LogP contribution in [0.3, 0.4) is 0 Å². The van der Waals surface area contributed by atoms with Gasteiger partial charge in [0.1, 0.15) is 0 Å². The van der Waals surface area contributed by atoms with Gasteiger partial charge < -0.3 is 9.55 Å². The van der Waals surface area contributed by atoms with Crippen LogP contribution in [0, 0.1) is 17.5 Å². The number of nitrogens with zero attached hydrogens (tertiary/aromatic N) is 3. The molecule has 8 rings (SSSR count). The van der Waals surface area contributed by atoms with Gasteiger partial charge >= 0.3 is 0 Å². The smallest absolute Gasteiger partial charge is 0.0593 e. The van der Waals surface area contributed by atoms with Gasteiger partial charge in [-0.3, -0.25) is 4.98 Å². The summed E-state index contributed by atoms with van der Waals surface area (Å²) in [5.74, 6) is 0. The molecule has 4 aromatic heterocycles. The van der Waals surface area contributed by atoms with E-state index in [-0.39, 0.29) is 30.9 Å². The van der Waals surface area contributed by atoms with Crippen molar-refractivity contribution in [3.63, 3.8) is 0 Å². The van der Waals surface area contributed by atoms with Gasteiger partial charge in [0, 0.05) is 64.6 Å². The fraction of sp³-hybridized carbons (Fsp3) is 0.209. The van der Waals surface area contributed by atoms with Crippen LogP contribution in [0.25, 0.3) is 58.9 Å². The minimum Gasteiger partial charge on any atom is -0.363 e. The van der Waals surface area contributed by atoms with Crippen molar-refractivity contribution >= 4 is 53.3 Å². The normalized spacial score (nSPS) is 11.9. The Balaban J connectivity index is 0.000000201. The molecule has 0 saturated heterocycles. The van der Waals surface area contributed by atoms with Gasteiger partial charge in [-0.2, -0.15) is 24.3 Å². The van der Waals surface area contributed by atoms with Crippen LogP contribution < -0.4 is 0 Å². The monoisotopic (exact) mass is 822 g/mol. The topological polar surface area (TPSA) is 30.7 Å². The number of rotatable bonds is 3. The minimum absolute atomic E-state index is 0. The second kappa shape index (κ2) is 13.4. The van der Waals surface area contributed by atoms with Gasteiger partial charge in [0.05, 0.1) is 5.52 Å². The SMILES string of the molecule is CC(C)(C)Cc1cc(-n2c3c[c-]ccc3c3sc4ccccc4c32)c2cnccc2c1.CC(C)(C)c1ccc(-c2[c-]cccc2)nc1.[Ir]. The summed E-state index contributed by atoms with van der Waals surface area (Å²) in [5, 5.41) is 5.00. The van der Waals surface area contributed by atoms with Gasteiger partial charge in [-0.1, -0.05) is 88.8 Å². The summed E-state index contributed by atoms with van der Waals surface area (Å²) in [4.78, 5) is 8.96. The number of thiophene rings is 1. The first-order valence-electron chi connectivity index (χ1n) is 16.2. The predicted molar refractivity (Wildman–Crippen MR) is 201 cm³/mol. The van der Waals surface area contributed by atoms with Crippen LogP contribution in [0.15, 0.2) is 116 Å². The van der Waals surface area contributed by atoms with E-state index in [2.05, 4.69) is 135 Å². The molecule has 0 amide bonds. The Labute approximate surface area is 301 Å². The Hall–Kier alpha value is -4.15. The summed E-state index contributed by atoms with van der Waals surface area (Å²) < 4.78 is 5.10. The average molecular weight is 822 g/mol. The quantitative estimate of drug-likeness (QED) is 0.166. The molecule has 3 nitrogen and oxygen atoms in total. The van der Waals surface area contributed by atoms with Crippen molar-refractivity contribution in [3.8, 4) is 16.9 Å². The van der Waals surface area contributed by atoms with Gasteiger partial charge in [0.25, 0.3) is 0 Å². The molecule has 0 atom stereocenters. The number of benzene rings is 4. The number of hydrogen-bond donors (Lipinski definition) is 0. The second-order valence-corrected chi connectivity index (χ2v) is 15.5. The molecule has 8 aromatic rings. The third-order valence-electron chi connectivity index (χ3n) is 8.50. The maximum absolute atomic E-state index is 4.48.